The van der Waals surface area contributed by atoms with Crippen molar-refractivity contribution in [1.82, 2.24) is 29.4 Å². The fraction of sp³-hybridized carbons (Fsp3) is 0.375. The van der Waals surface area contributed by atoms with Crippen molar-refractivity contribution < 1.29 is 14.3 Å². The summed E-state index contributed by atoms with van der Waals surface area (Å²) >= 11 is 1.17. The van der Waals surface area contributed by atoms with Gasteiger partial charge in [0.05, 0.1) is 17.8 Å². The molecule has 4 aromatic rings. The summed E-state index contributed by atoms with van der Waals surface area (Å²) < 4.78 is 16.1. The van der Waals surface area contributed by atoms with Crippen LogP contribution in [0.4, 0.5) is 4.39 Å². The number of halogens is 1. The molecule has 2 N–H and O–H groups in total. The topological polar surface area (TPSA) is 124 Å². The van der Waals surface area contributed by atoms with E-state index in [0.29, 0.717) is 21.0 Å². The number of nitrogens with zero attached hydrogens (tertiary/aromatic N) is 5. The van der Waals surface area contributed by atoms with Gasteiger partial charge in [-0.25, -0.2) is 13.8 Å². The fourth-order valence-corrected chi connectivity index (χ4v) is 5.30. The normalized spacial score (nSPS) is 12.0. The van der Waals surface area contributed by atoms with Crippen LogP contribution in [0.25, 0.3) is 15.2 Å². The highest BCUT2D eigenvalue weighted by Crippen LogP contribution is 2.31. The van der Waals surface area contributed by atoms with Gasteiger partial charge in [0.25, 0.3) is 5.56 Å². The van der Waals surface area contributed by atoms with Crippen LogP contribution in [0.5, 0.6) is 5.75 Å². The third-order valence-electron chi connectivity index (χ3n) is 5.97. The molecule has 1 amide bonds. The minimum absolute atomic E-state index is 0.0282. The lowest BCUT2D eigenvalue weighted by Gasteiger charge is -2.27. The van der Waals surface area contributed by atoms with Crippen molar-refractivity contribution >= 4 is 27.5 Å². The molecule has 0 aliphatic rings. The molecular weight excluding hydrogens is 487 g/mol. The molecule has 3 heterocycles. The standard InChI is InChI=1S/C24H27FN6O4S/c1-13(2)28-22(34)24(4,5)30-19(33)18-14(3)20(31-26-9-10-27-31)36-21(18)29(23(30)35)11-8-15-12-16(25)6-7-17(15)32/h6-7,9-10,12-13,32H,8,11H2,1-5H3,(H,28,34). The number of rotatable bonds is 7. The monoisotopic (exact) mass is 514 g/mol. The van der Waals surface area contributed by atoms with E-state index in [9.17, 15) is 23.9 Å². The molecule has 0 atom stereocenters. The lowest BCUT2D eigenvalue weighted by Crippen LogP contribution is -2.56. The van der Waals surface area contributed by atoms with Crippen LogP contribution < -0.4 is 16.6 Å². The summed E-state index contributed by atoms with van der Waals surface area (Å²) in [4.78, 5) is 42.3. The number of hydrogen-bond acceptors (Lipinski definition) is 7. The van der Waals surface area contributed by atoms with Gasteiger partial charge in [0.2, 0.25) is 5.91 Å². The van der Waals surface area contributed by atoms with Crippen LogP contribution >= 0.6 is 11.3 Å². The zero-order chi connectivity index (χ0) is 26.4. The molecule has 0 fully saturated rings. The van der Waals surface area contributed by atoms with Crippen LogP contribution in [0.3, 0.4) is 0 Å². The molecule has 0 bridgehead atoms. The third-order valence-corrected chi connectivity index (χ3v) is 7.25. The first kappa shape index (κ1) is 25.3. The van der Waals surface area contributed by atoms with Crippen molar-refractivity contribution in [1.29, 1.82) is 0 Å². The van der Waals surface area contributed by atoms with Crippen molar-refractivity contribution in [3.05, 3.63) is 68.4 Å². The van der Waals surface area contributed by atoms with Crippen molar-refractivity contribution in [3.63, 3.8) is 0 Å². The predicted octanol–water partition coefficient (Wildman–Crippen LogP) is 2.46. The first-order valence-corrected chi connectivity index (χ1v) is 12.2. The maximum Gasteiger partial charge on any atom is 0.333 e. The van der Waals surface area contributed by atoms with E-state index in [1.807, 2.05) is 0 Å². The van der Waals surface area contributed by atoms with Crippen LogP contribution in [0.2, 0.25) is 0 Å². The second kappa shape index (κ2) is 9.34. The number of carbonyl (C=O) groups is 1. The second-order valence-corrected chi connectivity index (χ2v) is 10.3. The minimum Gasteiger partial charge on any atom is -0.508 e. The minimum atomic E-state index is -1.51. The van der Waals surface area contributed by atoms with Gasteiger partial charge >= 0.3 is 5.69 Å². The molecule has 190 valence electrons. The number of carbonyl (C=O) groups excluding carboxylic acids is 1. The van der Waals surface area contributed by atoms with Crippen molar-refractivity contribution in [2.45, 2.75) is 59.2 Å². The summed E-state index contributed by atoms with van der Waals surface area (Å²) in [5.41, 5.74) is -1.92. The highest BCUT2D eigenvalue weighted by molar-refractivity contribution is 7.21. The lowest BCUT2D eigenvalue weighted by molar-refractivity contribution is -0.129. The fourth-order valence-electron chi connectivity index (χ4n) is 4.06. The summed E-state index contributed by atoms with van der Waals surface area (Å²) in [6.07, 6.45) is 3.12. The first-order valence-electron chi connectivity index (χ1n) is 11.4. The predicted molar refractivity (Wildman–Crippen MR) is 134 cm³/mol. The van der Waals surface area contributed by atoms with E-state index >= 15 is 0 Å². The Labute approximate surface area is 209 Å². The molecule has 0 saturated carbocycles. The average molecular weight is 515 g/mol. The van der Waals surface area contributed by atoms with E-state index in [0.717, 1.165) is 10.6 Å². The molecule has 36 heavy (non-hydrogen) atoms. The Bertz CT molecular complexity index is 1570. The van der Waals surface area contributed by atoms with E-state index in [1.54, 1.807) is 20.8 Å². The molecule has 3 aromatic heterocycles. The van der Waals surface area contributed by atoms with E-state index < -0.39 is 28.5 Å². The van der Waals surface area contributed by atoms with E-state index in [-0.39, 0.29) is 30.1 Å². The Hall–Kier alpha value is -3.80. The Morgan fingerprint density at radius 2 is 1.89 bits per heavy atom. The maximum atomic E-state index is 13.8. The maximum absolute atomic E-state index is 13.8. The first-order chi connectivity index (χ1) is 16.9. The smallest absolute Gasteiger partial charge is 0.333 e. The second-order valence-electron chi connectivity index (χ2n) is 9.32. The van der Waals surface area contributed by atoms with Gasteiger partial charge < -0.3 is 10.4 Å². The molecule has 12 heteroatoms. The molecule has 1 aromatic carbocycles. The van der Waals surface area contributed by atoms with Crippen LogP contribution in [0.15, 0.2) is 40.2 Å². The number of aromatic hydroxyl groups is 1. The number of aryl methyl sites for hydroxylation is 3. The van der Waals surface area contributed by atoms with Crippen molar-refractivity contribution in [3.8, 4) is 10.8 Å². The van der Waals surface area contributed by atoms with Crippen molar-refractivity contribution in [2.75, 3.05) is 0 Å². The van der Waals surface area contributed by atoms with Gasteiger partial charge in [0, 0.05) is 18.2 Å². The number of hydrogen-bond donors (Lipinski definition) is 2. The third kappa shape index (κ3) is 4.32. The van der Waals surface area contributed by atoms with Crippen LogP contribution in [0.1, 0.15) is 38.8 Å². The largest absolute Gasteiger partial charge is 0.508 e. The molecule has 0 radical (unpaired) electrons. The Kier molecular flexibility index (Phi) is 6.56. The van der Waals surface area contributed by atoms with Gasteiger partial charge in [0.1, 0.15) is 26.9 Å². The summed E-state index contributed by atoms with van der Waals surface area (Å²) in [5, 5.41) is 22.1. The molecule has 0 aliphatic heterocycles. The van der Waals surface area contributed by atoms with Gasteiger partial charge in [-0.1, -0.05) is 11.3 Å². The molecule has 4 rings (SSSR count). The van der Waals surface area contributed by atoms with Gasteiger partial charge in [-0.2, -0.15) is 10.2 Å². The molecule has 0 aliphatic carbocycles. The summed E-state index contributed by atoms with van der Waals surface area (Å²) in [7, 11) is 0. The van der Waals surface area contributed by atoms with Gasteiger partial charge in [-0.3, -0.25) is 14.2 Å². The quantitative estimate of drug-likeness (QED) is 0.391. The Morgan fingerprint density at radius 1 is 1.22 bits per heavy atom. The number of amides is 1. The lowest BCUT2D eigenvalue weighted by atomic mass is 10.0. The number of thiophene rings is 1. The number of aromatic nitrogens is 5. The Balaban J connectivity index is 1.97. The summed E-state index contributed by atoms with van der Waals surface area (Å²) in [5.74, 6) is -1.10. The zero-order valence-electron chi connectivity index (χ0n) is 20.6. The molecular formula is C24H27FN6O4S. The average Bonchev–Trinajstić information content (AvgIpc) is 3.43. The van der Waals surface area contributed by atoms with Gasteiger partial charge in [-0.05, 0) is 64.8 Å². The summed E-state index contributed by atoms with van der Waals surface area (Å²) in [6.45, 7) is 8.36. The van der Waals surface area contributed by atoms with E-state index in [4.69, 9.17) is 0 Å². The summed E-state index contributed by atoms with van der Waals surface area (Å²) in [6, 6.07) is 3.40. The highest BCUT2D eigenvalue weighted by atomic mass is 32.1. The Morgan fingerprint density at radius 3 is 2.53 bits per heavy atom. The van der Waals surface area contributed by atoms with Gasteiger partial charge in [-0.15, -0.1) is 4.80 Å². The number of benzene rings is 1. The molecule has 10 nitrogen and oxygen atoms in total. The number of fused-ring (bicyclic) bond motifs is 1. The number of phenolic OH excluding ortho intramolecular Hbond substituents is 1. The van der Waals surface area contributed by atoms with Crippen LogP contribution in [-0.2, 0) is 23.3 Å². The molecule has 0 saturated heterocycles. The highest BCUT2D eigenvalue weighted by Gasteiger charge is 2.35. The van der Waals surface area contributed by atoms with E-state index in [1.165, 1.54) is 59.1 Å². The van der Waals surface area contributed by atoms with Crippen LogP contribution in [0, 0.1) is 12.7 Å². The van der Waals surface area contributed by atoms with E-state index in [2.05, 4.69) is 15.5 Å². The van der Waals surface area contributed by atoms with Crippen molar-refractivity contribution in [2.24, 2.45) is 0 Å². The van der Waals surface area contributed by atoms with Crippen LogP contribution in [-0.4, -0.2) is 41.2 Å². The molecule has 0 unspecified atom stereocenters. The zero-order valence-corrected chi connectivity index (χ0v) is 21.4. The molecule has 0 spiro atoms. The van der Waals surface area contributed by atoms with Gasteiger partial charge in [0.15, 0.2) is 0 Å². The SMILES string of the molecule is Cc1c(-n2nccn2)sc2c1c(=O)n(C(C)(C)C(=O)NC(C)C)c(=O)n2CCc1cc(F)ccc1O. The number of nitrogens with one attached hydrogen (secondary N) is 1. The number of phenols is 1.